The van der Waals surface area contributed by atoms with Crippen LogP contribution in [0.4, 0.5) is 0 Å². The van der Waals surface area contributed by atoms with Crippen LogP contribution in [0.1, 0.15) is 12.5 Å². The highest BCUT2D eigenvalue weighted by Gasteiger charge is 2.22. The molecule has 0 aromatic carbocycles. The van der Waals surface area contributed by atoms with Gasteiger partial charge in [-0.05, 0) is 25.0 Å². The average molecular weight is 193 g/mol. The second kappa shape index (κ2) is 4.50. The Labute approximate surface area is 81.6 Å². The third-order valence-electron chi connectivity index (χ3n) is 1.95. The minimum Gasteiger partial charge on any atom is -0.481 e. The molecule has 0 saturated carbocycles. The fourth-order valence-electron chi connectivity index (χ4n) is 1.16. The molecule has 0 aliphatic heterocycles. The van der Waals surface area contributed by atoms with Crippen LogP contribution in [0, 0.1) is 5.92 Å². The molecule has 0 aliphatic carbocycles. The number of rotatable bonds is 4. The second-order valence-corrected chi connectivity index (χ2v) is 3.07. The molecule has 0 saturated heterocycles. The fraction of sp³-hybridized carbons (Fsp3) is 0.300. The van der Waals surface area contributed by atoms with E-state index in [0.717, 1.165) is 5.56 Å². The summed E-state index contributed by atoms with van der Waals surface area (Å²) in [5.74, 6) is -2.37. The summed E-state index contributed by atoms with van der Waals surface area (Å²) in [6.45, 7) is 1.29. The van der Waals surface area contributed by atoms with Crippen molar-refractivity contribution in [1.29, 1.82) is 0 Å². The molecule has 1 aromatic heterocycles. The first kappa shape index (κ1) is 10.4. The van der Waals surface area contributed by atoms with Gasteiger partial charge in [0.25, 0.3) is 0 Å². The number of carboxylic acid groups (broad SMARTS) is 1. The summed E-state index contributed by atoms with van der Waals surface area (Å²) in [6, 6.07) is 3.47. The molecule has 1 aromatic rings. The van der Waals surface area contributed by atoms with Crippen LogP contribution in [0.5, 0.6) is 0 Å². The first-order valence-corrected chi connectivity index (χ1v) is 4.23. The van der Waals surface area contributed by atoms with Crippen LogP contribution in [0.25, 0.3) is 0 Å². The standard InChI is InChI=1S/C10H11NO3/c1-7(12)9(10(13)14)5-8-3-2-4-11-6-8/h2-4,6,9H,5H2,1H3,(H,13,14). The van der Waals surface area contributed by atoms with Crippen molar-refractivity contribution in [3.63, 3.8) is 0 Å². The van der Waals surface area contributed by atoms with Gasteiger partial charge in [0, 0.05) is 12.4 Å². The lowest BCUT2D eigenvalue weighted by Crippen LogP contribution is -2.23. The molecule has 1 rings (SSSR count). The van der Waals surface area contributed by atoms with Gasteiger partial charge in [-0.1, -0.05) is 6.07 Å². The molecule has 1 atom stereocenters. The lowest BCUT2D eigenvalue weighted by Gasteiger charge is -2.07. The Hall–Kier alpha value is -1.71. The number of hydrogen-bond donors (Lipinski definition) is 1. The monoisotopic (exact) mass is 193 g/mol. The van der Waals surface area contributed by atoms with Gasteiger partial charge >= 0.3 is 5.97 Å². The SMILES string of the molecule is CC(=O)C(Cc1cccnc1)C(=O)O. The van der Waals surface area contributed by atoms with Crippen LogP contribution in [-0.4, -0.2) is 21.8 Å². The van der Waals surface area contributed by atoms with Crippen LogP contribution >= 0.6 is 0 Å². The maximum atomic E-state index is 11.0. The van der Waals surface area contributed by atoms with Crippen molar-refractivity contribution in [3.05, 3.63) is 30.1 Å². The number of carbonyl (C=O) groups excluding carboxylic acids is 1. The molecule has 0 radical (unpaired) electrons. The van der Waals surface area contributed by atoms with Gasteiger partial charge in [-0.15, -0.1) is 0 Å². The zero-order valence-electron chi connectivity index (χ0n) is 7.80. The van der Waals surface area contributed by atoms with E-state index in [1.165, 1.54) is 6.92 Å². The van der Waals surface area contributed by atoms with Gasteiger partial charge in [-0.3, -0.25) is 14.6 Å². The molecule has 0 fully saturated rings. The molecule has 1 N–H and O–H groups in total. The van der Waals surface area contributed by atoms with E-state index in [-0.39, 0.29) is 12.2 Å². The Kier molecular flexibility index (Phi) is 3.34. The first-order valence-electron chi connectivity index (χ1n) is 4.23. The fourth-order valence-corrected chi connectivity index (χ4v) is 1.16. The highest BCUT2D eigenvalue weighted by molar-refractivity contribution is 5.97. The number of Topliss-reactive ketones (excluding diaryl/α,β-unsaturated/α-hetero) is 1. The topological polar surface area (TPSA) is 67.3 Å². The van der Waals surface area contributed by atoms with Crippen molar-refractivity contribution in [2.24, 2.45) is 5.92 Å². The quantitative estimate of drug-likeness (QED) is 0.722. The third-order valence-corrected chi connectivity index (χ3v) is 1.95. The number of hydrogen-bond acceptors (Lipinski definition) is 3. The molecule has 0 bridgehead atoms. The summed E-state index contributed by atoms with van der Waals surface area (Å²) in [5, 5.41) is 8.76. The zero-order chi connectivity index (χ0) is 10.6. The molecule has 1 unspecified atom stereocenters. The van der Waals surface area contributed by atoms with Crippen molar-refractivity contribution in [3.8, 4) is 0 Å². The van der Waals surface area contributed by atoms with Gasteiger partial charge in [0.15, 0.2) is 0 Å². The van der Waals surface area contributed by atoms with Gasteiger partial charge in [-0.25, -0.2) is 0 Å². The number of ketones is 1. The molecule has 1 heterocycles. The van der Waals surface area contributed by atoms with Gasteiger partial charge in [0.05, 0.1) is 0 Å². The highest BCUT2D eigenvalue weighted by atomic mass is 16.4. The summed E-state index contributed by atoms with van der Waals surface area (Å²) in [6.07, 6.45) is 3.38. The van der Waals surface area contributed by atoms with Crippen molar-refractivity contribution in [2.75, 3.05) is 0 Å². The van der Waals surface area contributed by atoms with Crippen LogP contribution < -0.4 is 0 Å². The molecule has 4 nitrogen and oxygen atoms in total. The predicted octanol–water partition coefficient (Wildman–Crippen LogP) is 0.914. The average Bonchev–Trinajstić information content (AvgIpc) is 2.15. The van der Waals surface area contributed by atoms with Crippen LogP contribution in [0.2, 0.25) is 0 Å². The largest absolute Gasteiger partial charge is 0.481 e. The van der Waals surface area contributed by atoms with E-state index in [0.29, 0.717) is 0 Å². The van der Waals surface area contributed by atoms with E-state index >= 15 is 0 Å². The Morgan fingerprint density at radius 2 is 2.29 bits per heavy atom. The smallest absolute Gasteiger partial charge is 0.314 e. The number of carboxylic acids is 1. The van der Waals surface area contributed by atoms with E-state index < -0.39 is 11.9 Å². The predicted molar refractivity (Wildman–Crippen MR) is 49.7 cm³/mol. The summed E-state index contributed by atoms with van der Waals surface area (Å²) < 4.78 is 0. The van der Waals surface area contributed by atoms with E-state index in [4.69, 9.17) is 5.11 Å². The van der Waals surface area contributed by atoms with E-state index in [2.05, 4.69) is 4.98 Å². The van der Waals surface area contributed by atoms with Gasteiger partial charge in [-0.2, -0.15) is 0 Å². The van der Waals surface area contributed by atoms with E-state index in [1.807, 2.05) is 0 Å². The summed E-state index contributed by atoms with van der Waals surface area (Å²) >= 11 is 0. The highest BCUT2D eigenvalue weighted by Crippen LogP contribution is 2.08. The molecule has 74 valence electrons. The van der Waals surface area contributed by atoms with Gasteiger partial charge < -0.3 is 5.11 Å². The number of nitrogens with zero attached hydrogens (tertiary/aromatic N) is 1. The Morgan fingerprint density at radius 3 is 2.71 bits per heavy atom. The Morgan fingerprint density at radius 1 is 1.57 bits per heavy atom. The van der Waals surface area contributed by atoms with Crippen LogP contribution in [-0.2, 0) is 16.0 Å². The van der Waals surface area contributed by atoms with Crippen molar-refractivity contribution in [2.45, 2.75) is 13.3 Å². The Bertz CT molecular complexity index is 320. The number of aromatic nitrogens is 1. The maximum absolute atomic E-state index is 11.0. The van der Waals surface area contributed by atoms with Crippen LogP contribution in [0.3, 0.4) is 0 Å². The number of carbonyl (C=O) groups is 2. The molecule has 0 amide bonds. The van der Waals surface area contributed by atoms with E-state index in [9.17, 15) is 9.59 Å². The zero-order valence-corrected chi connectivity index (χ0v) is 7.80. The lowest BCUT2D eigenvalue weighted by molar-refractivity contribution is -0.145. The molecule has 0 spiro atoms. The van der Waals surface area contributed by atoms with Crippen molar-refractivity contribution >= 4 is 11.8 Å². The third kappa shape index (κ3) is 2.65. The second-order valence-electron chi connectivity index (χ2n) is 3.07. The van der Waals surface area contributed by atoms with Crippen molar-refractivity contribution < 1.29 is 14.7 Å². The summed E-state index contributed by atoms with van der Waals surface area (Å²) in [4.78, 5) is 25.5. The lowest BCUT2D eigenvalue weighted by atomic mass is 9.97. The van der Waals surface area contributed by atoms with Gasteiger partial charge in [0.1, 0.15) is 11.7 Å². The minimum absolute atomic E-state index is 0.207. The Balaban J connectivity index is 2.75. The normalized spacial score (nSPS) is 12.1. The maximum Gasteiger partial charge on any atom is 0.314 e. The first-order chi connectivity index (χ1) is 6.61. The molecule has 4 heteroatoms. The number of aliphatic carboxylic acids is 1. The molecule has 14 heavy (non-hydrogen) atoms. The molecule has 0 aliphatic rings. The van der Waals surface area contributed by atoms with Crippen LogP contribution in [0.15, 0.2) is 24.5 Å². The summed E-state index contributed by atoms with van der Waals surface area (Å²) in [7, 11) is 0. The van der Waals surface area contributed by atoms with Gasteiger partial charge in [0.2, 0.25) is 0 Å². The number of pyridine rings is 1. The molecular formula is C10H11NO3. The minimum atomic E-state index is -1.08. The van der Waals surface area contributed by atoms with E-state index in [1.54, 1.807) is 24.5 Å². The molecular weight excluding hydrogens is 182 g/mol. The van der Waals surface area contributed by atoms with Crippen molar-refractivity contribution in [1.82, 2.24) is 4.98 Å². The summed E-state index contributed by atoms with van der Waals surface area (Å²) in [5.41, 5.74) is 0.759.